The lowest BCUT2D eigenvalue weighted by molar-refractivity contribution is -0.139. The summed E-state index contributed by atoms with van der Waals surface area (Å²) in [4.78, 5) is 22.5. The number of fused-ring (bicyclic) bond motifs is 1. The molecule has 4 N–H and O–H groups in total. The van der Waals surface area contributed by atoms with Gasteiger partial charge in [0.1, 0.15) is 0 Å². The van der Waals surface area contributed by atoms with Gasteiger partial charge in [0.05, 0.1) is 22.9 Å². The fourth-order valence-corrected chi connectivity index (χ4v) is 4.41. The second-order valence-corrected chi connectivity index (χ2v) is 8.18. The number of aromatic nitrogens is 2. The number of nitrogens with one attached hydrogen (secondary N) is 1. The van der Waals surface area contributed by atoms with Crippen LogP contribution in [0.2, 0.25) is 0 Å². The number of hydrogen-bond donors (Lipinski definition) is 3. The molecule has 2 aliphatic rings. The number of rotatable bonds is 7. The molecule has 1 saturated heterocycles. The molecule has 0 amide bonds. The molecule has 0 radical (unpaired) electrons. The van der Waals surface area contributed by atoms with Gasteiger partial charge in [0.15, 0.2) is 0 Å². The zero-order valence-corrected chi connectivity index (χ0v) is 16.6. The highest BCUT2D eigenvalue weighted by molar-refractivity contribution is 5.76. The topological polar surface area (TPSA) is 104 Å². The van der Waals surface area contributed by atoms with Gasteiger partial charge in [0, 0.05) is 49.9 Å². The maximum atomic E-state index is 10.8. The lowest BCUT2D eigenvalue weighted by atomic mass is 9.76. The van der Waals surface area contributed by atoms with Gasteiger partial charge in [-0.2, -0.15) is 0 Å². The number of piperidine rings is 1. The highest BCUT2D eigenvalue weighted by Gasteiger charge is 2.36. The molecule has 1 aliphatic heterocycles. The number of carboxylic acid groups (broad SMARTS) is 1. The van der Waals surface area contributed by atoms with E-state index in [9.17, 15) is 4.79 Å². The van der Waals surface area contributed by atoms with Gasteiger partial charge in [-0.15, -0.1) is 0 Å². The zero-order valence-electron chi connectivity index (χ0n) is 16.6. The van der Waals surface area contributed by atoms with Gasteiger partial charge < -0.3 is 21.1 Å². The summed E-state index contributed by atoms with van der Waals surface area (Å²) >= 11 is 0. The molecule has 0 atom stereocenters. The third-order valence-electron chi connectivity index (χ3n) is 6.21. The highest BCUT2D eigenvalue weighted by atomic mass is 16.4. The molecular formula is C22H29N5O2. The molecule has 1 saturated carbocycles. The van der Waals surface area contributed by atoms with Crippen molar-refractivity contribution in [3.8, 4) is 0 Å². The predicted molar refractivity (Wildman–Crippen MR) is 113 cm³/mol. The van der Waals surface area contributed by atoms with Crippen LogP contribution in [-0.4, -0.2) is 57.7 Å². The average molecular weight is 396 g/mol. The largest absolute Gasteiger partial charge is 0.481 e. The number of carboxylic acids is 1. The summed E-state index contributed by atoms with van der Waals surface area (Å²) in [5.74, 6) is -0.304. The zero-order chi connectivity index (χ0) is 20.2. The molecule has 0 unspecified atom stereocenters. The molecule has 2 fully saturated rings. The van der Waals surface area contributed by atoms with Crippen LogP contribution in [-0.2, 0) is 4.79 Å². The Hall–Kier alpha value is -2.51. The molecule has 0 spiro atoms. The summed E-state index contributed by atoms with van der Waals surface area (Å²) in [5, 5.41) is 12.4. The first-order valence-electron chi connectivity index (χ1n) is 10.5. The van der Waals surface area contributed by atoms with Crippen molar-refractivity contribution >= 4 is 22.6 Å². The molecule has 1 aromatic carbocycles. The molecule has 29 heavy (non-hydrogen) atoms. The van der Waals surface area contributed by atoms with Gasteiger partial charge in [-0.1, -0.05) is 12.1 Å². The van der Waals surface area contributed by atoms with Crippen molar-refractivity contribution in [2.45, 2.75) is 44.2 Å². The first-order valence-corrected chi connectivity index (χ1v) is 10.5. The second-order valence-electron chi connectivity index (χ2n) is 8.18. The fourth-order valence-electron chi connectivity index (χ4n) is 4.41. The Labute approximate surface area is 171 Å². The van der Waals surface area contributed by atoms with Gasteiger partial charge in [0.2, 0.25) is 0 Å². The molecular weight excluding hydrogens is 366 g/mol. The molecule has 2 aromatic rings. The highest BCUT2D eigenvalue weighted by Crippen LogP contribution is 2.35. The quantitative estimate of drug-likeness (QED) is 0.660. The van der Waals surface area contributed by atoms with Crippen LogP contribution in [0.3, 0.4) is 0 Å². The lowest BCUT2D eigenvalue weighted by Crippen LogP contribution is -2.50. The SMILES string of the molecule is NC/C(=C\NC1CCN(C2CC(CC(=O)O)C2)CC1)c1cnc2ccccc2n1. The van der Waals surface area contributed by atoms with Crippen LogP contribution in [0.1, 0.15) is 37.8 Å². The Morgan fingerprint density at radius 2 is 1.97 bits per heavy atom. The van der Waals surface area contributed by atoms with Crippen LogP contribution in [0.4, 0.5) is 0 Å². The summed E-state index contributed by atoms with van der Waals surface area (Å²) in [6.45, 7) is 2.53. The van der Waals surface area contributed by atoms with Crippen molar-refractivity contribution in [3.05, 3.63) is 42.4 Å². The molecule has 0 bridgehead atoms. The monoisotopic (exact) mass is 395 g/mol. The van der Waals surface area contributed by atoms with Crippen molar-refractivity contribution in [1.82, 2.24) is 20.2 Å². The van der Waals surface area contributed by atoms with Crippen molar-refractivity contribution in [2.24, 2.45) is 11.7 Å². The molecule has 7 heteroatoms. The van der Waals surface area contributed by atoms with E-state index < -0.39 is 5.97 Å². The summed E-state index contributed by atoms with van der Waals surface area (Å²) < 4.78 is 0. The Kier molecular flexibility index (Phi) is 6.06. The number of nitrogens with two attached hydrogens (primary N) is 1. The van der Waals surface area contributed by atoms with E-state index >= 15 is 0 Å². The Bertz CT molecular complexity index is 886. The van der Waals surface area contributed by atoms with Gasteiger partial charge in [-0.25, -0.2) is 4.98 Å². The van der Waals surface area contributed by atoms with Gasteiger partial charge in [-0.05, 0) is 43.7 Å². The average Bonchev–Trinajstić information content (AvgIpc) is 2.71. The second kappa shape index (κ2) is 8.88. The van der Waals surface area contributed by atoms with Crippen LogP contribution in [0.5, 0.6) is 0 Å². The maximum Gasteiger partial charge on any atom is 0.303 e. The van der Waals surface area contributed by atoms with E-state index in [1.807, 2.05) is 30.5 Å². The molecule has 4 rings (SSSR count). The maximum absolute atomic E-state index is 10.8. The Balaban J connectivity index is 1.29. The van der Waals surface area contributed by atoms with E-state index in [-0.39, 0.29) is 0 Å². The van der Waals surface area contributed by atoms with Gasteiger partial charge in [0.25, 0.3) is 0 Å². The van der Waals surface area contributed by atoms with Crippen LogP contribution in [0.15, 0.2) is 36.7 Å². The molecule has 7 nitrogen and oxygen atoms in total. The first kappa shape index (κ1) is 19.8. The summed E-state index contributed by atoms with van der Waals surface area (Å²) in [6, 6.07) is 8.84. The van der Waals surface area contributed by atoms with Crippen molar-refractivity contribution in [3.63, 3.8) is 0 Å². The minimum absolute atomic E-state index is 0.318. The van der Waals surface area contributed by atoms with E-state index in [2.05, 4.69) is 15.2 Å². The molecule has 2 heterocycles. The first-order chi connectivity index (χ1) is 14.1. The van der Waals surface area contributed by atoms with Crippen molar-refractivity contribution in [2.75, 3.05) is 19.6 Å². The minimum atomic E-state index is -0.671. The standard InChI is InChI=1S/C22H29N5O2/c23-12-16(21-14-25-19-3-1-2-4-20(19)26-21)13-24-17-5-7-27(8-6-17)18-9-15(10-18)11-22(28)29/h1-4,13-15,17-18,24H,5-12,23H2,(H,28,29)/b16-13+. The third kappa shape index (κ3) is 4.74. The lowest BCUT2D eigenvalue weighted by Gasteiger charge is -2.45. The van der Waals surface area contributed by atoms with E-state index in [1.54, 1.807) is 6.20 Å². The predicted octanol–water partition coefficient (Wildman–Crippen LogP) is 2.24. The van der Waals surface area contributed by atoms with Crippen LogP contribution in [0, 0.1) is 5.92 Å². The summed E-state index contributed by atoms with van der Waals surface area (Å²) in [5.41, 5.74) is 9.51. The number of carbonyl (C=O) groups is 1. The fraction of sp³-hybridized carbons (Fsp3) is 0.500. The smallest absolute Gasteiger partial charge is 0.303 e. The number of hydrogen-bond acceptors (Lipinski definition) is 6. The third-order valence-corrected chi connectivity index (χ3v) is 6.21. The van der Waals surface area contributed by atoms with Crippen LogP contribution < -0.4 is 11.1 Å². The van der Waals surface area contributed by atoms with Gasteiger partial charge in [-0.3, -0.25) is 9.78 Å². The van der Waals surface area contributed by atoms with Crippen molar-refractivity contribution in [1.29, 1.82) is 0 Å². The number of aliphatic carboxylic acids is 1. The van der Waals surface area contributed by atoms with Gasteiger partial charge >= 0.3 is 5.97 Å². The number of benzene rings is 1. The Morgan fingerprint density at radius 3 is 2.66 bits per heavy atom. The number of para-hydroxylation sites is 2. The van der Waals surface area contributed by atoms with Crippen LogP contribution >= 0.6 is 0 Å². The summed E-state index contributed by atoms with van der Waals surface area (Å²) in [6.07, 6.45) is 8.33. The van der Waals surface area contributed by atoms with E-state index in [0.29, 0.717) is 31.0 Å². The molecule has 1 aromatic heterocycles. The normalized spacial score (nSPS) is 23.7. The molecule has 1 aliphatic carbocycles. The van der Waals surface area contributed by atoms with E-state index in [1.165, 1.54) is 0 Å². The van der Waals surface area contributed by atoms with Crippen LogP contribution in [0.25, 0.3) is 16.6 Å². The minimum Gasteiger partial charge on any atom is -0.481 e. The van der Waals surface area contributed by atoms with E-state index in [0.717, 1.165) is 61.1 Å². The molecule has 154 valence electrons. The summed E-state index contributed by atoms with van der Waals surface area (Å²) in [7, 11) is 0. The number of likely N-dealkylation sites (tertiary alicyclic amines) is 1. The Morgan fingerprint density at radius 1 is 1.24 bits per heavy atom. The van der Waals surface area contributed by atoms with E-state index in [4.69, 9.17) is 15.8 Å². The number of nitrogens with zero attached hydrogens (tertiary/aromatic N) is 3. The van der Waals surface area contributed by atoms with Crippen molar-refractivity contribution < 1.29 is 9.90 Å².